The summed E-state index contributed by atoms with van der Waals surface area (Å²) in [5, 5.41) is 7.55. The highest BCUT2D eigenvalue weighted by Crippen LogP contribution is 2.24. The fourth-order valence-electron chi connectivity index (χ4n) is 2.87. The van der Waals surface area contributed by atoms with E-state index in [2.05, 4.69) is 10.2 Å². The van der Waals surface area contributed by atoms with E-state index in [-0.39, 0.29) is 12.0 Å². The third-order valence-corrected chi connectivity index (χ3v) is 4.47. The average molecular weight is 391 g/mol. The van der Waals surface area contributed by atoms with Crippen molar-refractivity contribution in [2.45, 2.75) is 26.4 Å². The summed E-state index contributed by atoms with van der Waals surface area (Å²) >= 11 is 5.93. The molecule has 0 aliphatic carbocycles. The van der Waals surface area contributed by atoms with Crippen molar-refractivity contribution in [3.8, 4) is 11.3 Å². The zero-order valence-electron chi connectivity index (χ0n) is 15.7. The van der Waals surface area contributed by atoms with Gasteiger partial charge in [-0.05, 0) is 32.9 Å². The Morgan fingerprint density at radius 1 is 1.07 bits per heavy atom. The Hall–Kier alpha value is -2.54. The van der Waals surface area contributed by atoms with Crippen molar-refractivity contribution in [2.24, 2.45) is 0 Å². The number of nitrogens with one attached hydrogen (secondary N) is 1. The fraction of sp³-hybridized carbons (Fsp3) is 0.421. The fourth-order valence-corrected chi connectivity index (χ4v) is 3.00. The lowest BCUT2D eigenvalue weighted by Gasteiger charge is -2.35. The number of rotatable bonds is 2. The molecular weight excluding hydrogens is 368 g/mol. The molecule has 1 aliphatic heterocycles. The number of H-pyrrole nitrogens is 1. The maximum atomic E-state index is 12.9. The summed E-state index contributed by atoms with van der Waals surface area (Å²) in [4.78, 5) is 28.4. The predicted molar refractivity (Wildman–Crippen MR) is 103 cm³/mol. The van der Waals surface area contributed by atoms with Gasteiger partial charge >= 0.3 is 6.09 Å². The second-order valence-electron chi connectivity index (χ2n) is 7.43. The van der Waals surface area contributed by atoms with Crippen LogP contribution < -0.4 is 0 Å². The zero-order valence-corrected chi connectivity index (χ0v) is 16.4. The Bertz CT molecular complexity index is 818. The maximum Gasteiger partial charge on any atom is 0.410 e. The van der Waals surface area contributed by atoms with Crippen molar-refractivity contribution in [3.05, 3.63) is 41.0 Å². The topological polar surface area (TPSA) is 78.5 Å². The summed E-state index contributed by atoms with van der Waals surface area (Å²) in [6.45, 7) is 7.28. The summed E-state index contributed by atoms with van der Waals surface area (Å²) in [5.41, 5.74) is 1.47. The van der Waals surface area contributed by atoms with Crippen molar-refractivity contribution in [1.82, 2.24) is 20.0 Å². The first-order valence-corrected chi connectivity index (χ1v) is 9.19. The molecule has 2 amide bonds. The predicted octanol–water partition coefficient (Wildman–Crippen LogP) is 3.42. The lowest BCUT2D eigenvalue weighted by molar-refractivity contribution is 0.0141. The minimum absolute atomic E-state index is 0.113. The lowest BCUT2D eigenvalue weighted by Crippen LogP contribution is -2.51. The smallest absolute Gasteiger partial charge is 0.410 e. The molecule has 144 valence electrons. The van der Waals surface area contributed by atoms with E-state index in [9.17, 15) is 9.59 Å². The van der Waals surface area contributed by atoms with Gasteiger partial charge in [0.15, 0.2) is 0 Å². The van der Waals surface area contributed by atoms with E-state index in [0.717, 1.165) is 5.56 Å². The van der Waals surface area contributed by atoms with Crippen LogP contribution in [-0.2, 0) is 4.74 Å². The Kier molecular flexibility index (Phi) is 5.41. The third-order valence-electron chi connectivity index (χ3n) is 4.22. The first-order valence-electron chi connectivity index (χ1n) is 8.81. The van der Waals surface area contributed by atoms with Crippen LogP contribution in [-0.4, -0.2) is 63.8 Å². The van der Waals surface area contributed by atoms with Gasteiger partial charge in [0.1, 0.15) is 5.60 Å². The Balaban J connectivity index is 1.66. The SMILES string of the molecule is CC(C)(C)OC(=O)N1CCN(C(=O)c2cn[nH]c2-c2ccc(Cl)cc2)CC1. The molecule has 27 heavy (non-hydrogen) atoms. The van der Waals surface area contributed by atoms with Gasteiger partial charge in [-0.15, -0.1) is 0 Å². The van der Waals surface area contributed by atoms with E-state index in [1.54, 1.807) is 21.9 Å². The molecule has 1 aliphatic rings. The summed E-state index contributed by atoms with van der Waals surface area (Å²) in [5.74, 6) is -0.113. The molecule has 3 rings (SSSR count). The first kappa shape index (κ1) is 19.2. The molecule has 0 radical (unpaired) electrons. The van der Waals surface area contributed by atoms with Crippen LogP contribution in [0.3, 0.4) is 0 Å². The van der Waals surface area contributed by atoms with Crippen molar-refractivity contribution in [3.63, 3.8) is 0 Å². The number of aromatic nitrogens is 2. The minimum Gasteiger partial charge on any atom is -0.444 e. The highest BCUT2D eigenvalue weighted by atomic mass is 35.5. The van der Waals surface area contributed by atoms with Gasteiger partial charge < -0.3 is 14.5 Å². The first-order chi connectivity index (χ1) is 12.7. The number of halogens is 1. The Labute approximate surface area is 163 Å². The highest BCUT2D eigenvalue weighted by Gasteiger charge is 2.29. The molecule has 1 aromatic heterocycles. The van der Waals surface area contributed by atoms with Crippen LogP contribution in [0.5, 0.6) is 0 Å². The highest BCUT2D eigenvalue weighted by molar-refractivity contribution is 6.30. The van der Waals surface area contributed by atoms with Gasteiger partial charge in [-0.1, -0.05) is 23.7 Å². The number of nitrogens with zero attached hydrogens (tertiary/aromatic N) is 3. The minimum atomic E-state index is -0.533. The van der Waals surface area contributed by atoms with Crippen LogP contribution in [0, 0.1) is 0 Å². The molecule has 0 bridgehead atoms. The number of piperazine rings is 1. The molecule has 0 spiro atoms. The van der Waals surface area contributed by atoms with Crippen LogP contribution in [0.1, 0.15) is 31.1 Å². The van der Waals surface area contributed by atoms with Gasteiger partial charge in [0, 0.05) is 36.8 Å². The molecule has 2 heterocycles. The van der Waals surface area contributed by atoms with Gasteiger partial charge in [0.25, 0.3) is 5.91 Å². The van der Waals surface area contributed by atoms with Gasteiger partial charge in [0.05, 0.1) is 17.5 Å². The van der Waals surface area contributed by atoms with Crippen LogP contribution in [0.15, 0.2) is 30.5 Å². The van der Waals surface area contributed by atoms with E-state index < -0.39 is 5.60 Å². The number of carbonyl (C=O) groups excluding carboxylic acids is 2. The van der Waals surface area contributed by atoms with Crippen LogP contribution >= 0.6 is 11.6 Å². The molecule has 7 nitrogen and oxygen atoms in total. The number of benzene rings is 1. The van der Waals surface area contributed by atoms with Crippen molar-refractivity contribution in [1.29, 1.82) is 0 Å². The largest absolute Gasteiger partial charge is 0.444 e. The van der Waals surface area contributed by atoms with Gasteiger partial charge in [-0.25, -0.2) is 4.79 Å². The van der Waals surface area contributed by atoms with Crippen LogP contribution in [0.4, 0.5) is 4.79 Å². The quantitative estimate of drug-likeness (QED) is 0.852. The number of hydrogen-bond acceptors (Lipinski definition) is 4. The monoisotopic (exact) mass is 390 g/mol. The molecule has 1 saturated heterocycles. The number of ether oxygens (including phenoxy) is 1. The Morgan fingerprint density at radius 3 is 2.26 bits per heavy atom. The van der Waals surface area contributed by atoms with E-state index >= 15 is 0 Å². The number of hydrogen-bond donors (Lipinski definition) is 1. The van der Waals surface area contributed by atoms with Gasteiger partial charge in [-0.3, -0.25) is 9.89 Å². The van der Waals surface area contributed by atoms with E-state index in [0.29, 0.717) is 42.5 Å². The summed E-state index contributed by atoms with van der Waals surface area (Å²) < 4.78 is 5.39. The second kappa shape index (κ2) is 7.60. The van der Waals surface area contributed by atoms with Crippen molar-refractivity contribution in [2.75, 3.05) is 26.2 Å². The zero-order chi connectivity index (χ0) is 19.6. The molecule has 8 heteroatoms. The Morgan fingerprint density at radius 2 is 1.67 bits per heavy atom. The van der Waals surface area contributed by atoms with E-state index in [4.69, 9.17) is 16.3 Å². The molecule has 0 atom stereocenters. The molecule has 1 N–H and O–H groups in total. The van der Waals surface area contributed by atoms with Gasteiger partial charge in [-0.2, -0.15) is 5.10 Å². The number of aromatic amines is 1. The lowest BCUT2D eigenvalue weighted by atomic mass is 10.1. The average Bonchev–Trinajstić information content (AvgIpc) is 3.10. The van der Waals surface area contributed by atoms with Crippen molar-refractivity contribution >= 4 is 23.6 Å². The summed E-state index contributed by atoms with van der Waals surface area (Å²) in [6.07, 6.45) is 1.19. The second-order valence-corrected chi connectivity index (χ2v) is 7.86. The third kappa shape index (κ3) is 4.60. The molecule has 1 fully saturated rings. The maximum absolute atomic E-state index is 12.9. The number of amides is 2. The molecule has 0 saturated carbocycles. The normalized spacial score (nSPS) is 15.0. The van der Waals surface area contributed by atoms with E-state index in [1.807, 2.05) is 32.9 Å². The van der Waals surface area contributed by atoms with Crippen LogP contribution in [0.2, 0.25) is 5.02 Å². The van der Waals surface area contributed by atoms with Gasteiger partial charge in [0.2, 0.25) is 0 Å². The summed E-state index contributed by atoms with van der Waals surface area (Å²) in [6, 6.07) is 7.22. The summed E-state index contributed by atoms with van der Waals surface area (Å²) in [7, 11) is 0. The van der Waals surface area contributed by atoms with Crippen LogP contribution in [0.25, 0.3) is 11.3 Å². The van der Waals surface area contributed by atoms with Crippen molar-refractivity contribution < 1.29 is 14.3 Å². The molecule has 0 unspecified atom stereocenters. The number of carbonyl (C=O) groups is 2. The molecular formula is C19H23ClN4O3. The van der Waals surface area contributed by atoms with E-state index in [1.165, 1.54) is 6.20 Å². The molecule has 2 aromatic rings. The standard InChI is InChI=1S/C19H23ClN4O3/c1-19(2,3)27-18(26)24-10-8-23(9-11-24)17(25)15-12-21-22-16(15)13-4-6-14(20)7-5-13/h4-7,12H,8-11H2,1-3H3,(H,21,22). The molecule has 1 aromatic carbocycles.